The van der Waals surface area contributed by atoms with Crippen LogP contribution in [-0.4, -0.2) is 32.0 Å². The number of para-hydroxylation sites is 2. The van der Waals surface area contributed by atoms with Gasteiger partial charge in [0.25, 0.3) is 15.2 Å². The molecule has 0 fully saturated rings. The van der Waals surface area contributed by atoms with Crippen LogP contribution in [0.5, 0.6) is 5.75 Å². The summed E-state index contributed by atoms with van der Waals surface area (Å²) in [5.74, 6) is 0.426. The van der Waals surface area contributed by atoms with Crippen molar-refractivity contribution in [3.05, 3.63) is 77.3 Å². The van der Waals surface area contributed by atoms with Crippen molar-refractivity contribution in [2.45, 2.75) is 10.1 Å². The molecule has 0 amide bonds. The molecule has 0 radical (unpaired) electrons. The number of halogens is 1. The van der Waals surface area contributed by atoms with Gasteiger partial charge in [0.05, 0.1) is 23.4 Å². The van der Waals surface area contributed by atoms with Gasteiger partial charge in [-0.2, -0.15) is 0 Å². The Hall–Kier alpha value is -3.01. The summed E-state index contributed by atoms with van der Waals surface area (Å²) in [6, 6.07) is 17.7. The Balaban J connectivity index is 1.51. The summed E-state index contributed by atoms with van der Waals surface area (Å²) in [6.45, 7) is 0. The summed E-state index contributed by atoms with van der Waals surface area (Å²) in [5.41, 5.74) is 1.65. The number of hydrogen-bond donors (Lipinski definition) is 1. The van der Waals surface area contributed by atoms with E-state index >= 15 is 0 Å². The van der Waals surface area contributed by atoms with E-state index in [1.54, 1.807) is 48.5 Å². The summed E-state index contributed by atoms with van der Waals surface area (Å²) in [6.07, 6.45) is 0. The van der Waals surface area contributed by atoms with E-state index < -0.39 is 10.0 Å². The second-order valence-corrected chi connectivity index (χ2v) is 9.68. The number of rotatable bonds is 8. The number of nitrogens with one attached hydrogen (secondary N) is 1. The van der Waals surface area contributed by atoms with Crippen molar-refractivity contribution in [2.75, 3.05) is 17.6 Å². The Bertz CT molecular complexity index is 1390. The molecule has 0 bridgehead atoms. The van der Waals surface area contributed by atoms with Crippen LogP contribution >= 0.6 is 23.4 Å². The molecule has 32 heavy (non-hydrogen) atoms. The van der Waals surface area contributed by atoms with Crippen LogP contribution in [0.3, 0.4) is 0 Å². The number of oxazole rings is 1. The SMILES string of the molecule is COc1ccccc1NS(=O)(=O)c1ccc2oc(SCC(=O)c3ccc(Cl)cc3)nc2c1. The highest BCUT2D eigenvalue weighted by atomic mass is 35.5. The highest BCUT2D eigenvalue weighted by Crippen LogP contribution is 2.29. The summed E-state index contributed by atoms with van der Waals surface area (Å²) in [5, 5.41) is 0.827. The first kappa shape index (κ1) is 22.2. The van der Waals surface area contributed by atoms with Crippen molar-refractivity contribution in [1.82, 2.24) is 4.98 Å². The molecule has 0 aliphatic heterocycles. The minimum atomic E-state index is -3.88. The predicted molar refractivity (Wildman–Crippen MR) is 124 cm³/mol. The Morgan fingerprint density at radius 1 is 1.12 bits per heavy atom. The third-order valence-electron chi connectivity index (χ3n) is 4.49. The van der Waals surface area contributed by atoms with Gasteiger partial charge in [0.2, 0.25) is 0 Å². The molecule has 164 valence electrons. The molecule has 4 aromatic rings. The average Bonchev–Trinajstić information content (AvgIpc) is 3.20. The first-order valence-corrected chi connectivity index (χ1v) is 12.2. The van der Waals surface area contributed by atoms with E-state index in [2.05, 4.69) is 9.71 Å². The van der Waals surface area contributed by atoms with Gasteiger partial charge in [0.1, 0.15) is 11.3 Å². The highest BCUT2D eigenvalue weighted by molar-refractivity contribution is 7.99. The molecule has 0 atom stereocenters. The zero-order valence-corrected chi connectivity index (χ0v) is 19.1. The number of ketones is 1. The van der Waals surface area contributed by atoms with Crippen LogP contribution in [0.2, 0.25) is 5.02 Å². The quantitative estimate of drug-likeness (QED) is 0.266. The molecule has 0 spiro atoms. The van der Waals surface area contributed by atoms with Gasteiger partial charge in [0, 0.05) is 10.6 Å². The molecule has 3 aromatic carbocycles. The van der Waals surface area contributed by atoms with Crippen LogP contribution < -0.4 is 9.46 Å². The number of hydrogen-bond acceptors (Lipinski definition) is 7. The van der Waals surface area contributed by atoms with Crippen LogP contribution in [0.15, 0.2) is 81.3 Å². The third-order valence-corrected chi connectivity index (χ3v) is 6.94. The van der Waals surface area contributed by atoms with Crippen molar-refractivity contribution in [1.29, 1.82) is 0 Å². The monoisotopic (exact) mass is 488 g/mol. The lowest BCUT2D eigenvalue weighted by Crippen LogP contribution is -2.13. The molecule has 0 saturated heterocycles. The van der Waals surface area contributed by atoms with Crippen molar-refractivity contribution >= 4 is 56.0 Å². The first-order valence-electron chi connectivity index (χ1n) is 9.34. The standard InChI is InChI=1S/C22H17ClN2O5S2/c1-29-20-5-3-2-4-17(20)25-32(27,28)16-10-11-21-18(12-16)24-22(30-21)31-13-19(26)14-6-8-15(23)9-7-14/h2-12,25H,13H2,1H3. The van der Waals surface area contributed by atoms with Crippen LogP contribution in [0.1, 0.15) is 10.4 Å². The van der Waals surface area contributed by atoms with Gasteiger partial charge in [0.15, 0.2) is 11.4 Å². The van der Waals surface area contributed by atoms with Gasteiger partial charge >= 0.3 is 0 Å². The van der Waals surface area contributed by atoms with Gasteiger partial charge in [-0.25, -0.2) is 13.4 Å². The normalized spacial score (nSPS) is 11.4. The van der Waals surface area contributed by atoms with E-state index in [0.29, 0.717) is 33.1 Å². The summed E-state index contributed by atoms with van der Waals surface area (Å²) >= 11 is 6.98. The molecular weight excluding hydrogens is 472 g/mol. The lowest BCUT2D eigenvalue weighted by atomic mass is 10.1. The average molecular weight is 489 g/mol. The summed E-state index contributed by atoms with van der Waals surface area (Å²) in [4.78, 5) is 16.7. The lowest BCUT2D eigenvalue weighted by molar-refractivity contribution is 0.102. The lowest BCUT2D eigenvalue weighted by Gasteiger charge is -2.11. The van der Waals surface area contributed by atoms with Gasteiger partial charge in [-0.3, -0.25) is 9.52 Å². The topological polar surface area (TPSA) is 98.5 Å². The number of carbonyl (C=O) groups excluding carboxylic acids is 1. The van der Waals surface area contributed by atoms with Gasteiger partial charge < -0.3 is 9.15 Å². The minimum absolute atomic E-state index is 0.0259. The summed E-state index contributed by atoms with van der Waals surface area (Å²) in [7, 11) is -2.41. The molecule has 0 saturated carbocycles. The number of thioether (sulfide) groups is 1. The molecule has 4 rings (SSSR count). The number of anilines is 1. The van der Waals surface area contributed by atoms with Crippen molar-refractivity contribution in [3.8, 4) is 5.75 Å². The summed E-state index contributed by atoms with van der Waals surface area (Å²) < 4.78 is 39.0. The Morgan fingerprint density at radius 2 is 1.88 bits per heavy atom. The first-order chi connectivity index (χ1) is 15.4. The van der Waals surface area contributed by atoms with E-state index in [1.807, 2.05) is 0 Å². The molecule has 0 aliphatic rings. The van der Waals surface area contributed by atoms with E-state index in [9.17, 15) is 13.2 Å². The van der Waals surface area contributed by atoms with Gasteiger partial charge in [-0.05, 0) is 54.6 Å². The number of nitrogens with zero attached hydrogens (tertiary/aromatic N) is 1. The maximum Gasteiger partial charge on any atom is 0.262 e. The Kier molecular flexibility index (Phi) is 6.40. The maximum absolute atomic E-state index is 12.8. The maximum atomic E-state index is 12.8. The molecule has 0 unspecified atom stereocenters. The fourth-order valence-corrected chi connectivity index (χ4v) is 4.84. The number of sulfonamides is 1. The van der Waals surface area contributed by atoms with Crippen molar-refractivity contribution < 1.29 is 22.4 Å². The highest BCUT2D eigenvalue weighted by Gasteiger charge is 2.19. The zero-order chi connectivity index (χ0) is 22.7. The second-order valence-electron chi connectivity index (χ2n) is 6.63. The van der Waals surface area contributed by atoms with E-state index in [0.717, 1.165) is 11.8 Å². The number of aromatic nitrogens is 1. The van der Waals surface area contributed by atoms with Gasteiger partial charge in [-0.1, -0.05) is 35.5 Å². The fourth-order valence-electron chi connectivity index (χ4n) is 2.89. The van der Waals surface area contributed by atoms with Crippen molar-refractivity contribution in [3.63, 3.8) is 0 Å². The number of benzene rings is 3. The molecule has 1 heterocycles. The number of methoxy groups -OCH3 is 1. The Morgan fingerprint density at radius 3 is 2.62 bits per heavy atom. The third kappa shape index (κ3) is 4.90. The number of Topliss-reactive ketones (excluding diaryl/α,β-unsaturated/α-hetero) is 1. The van der Waals surface area contributed by atoms with Gasteiger partial charge in [-0.15, -0.1) is 0 Å². The number of fused-ring (bicyclic) bond motifs is 1. The van der Waals surface area contributed by atoms with E-state index in [4.69, 9.17) is 20.8 Å². The van der Waals surface area contributed by atoms with Crippen LogP contribution in [0.25, 0.3) is 11.1 Å². The smallest absolute Gasteiger partial charge is 0.262 e. The zero-order valence-electron chi connectivity index (χ0n) is 16.7. The van der Waals surface area contributed by atoms with Crippen LogP contribution in [0.4, 0.5) is 5.69 Å². The largest absolute Gasteiger partial charge is 0.495 e. The Labute approximate surface area is 193 Å². The van der Waals surface area contributed by atoms with E-state index in [-0.39, 0.29) is 21.7 Å². The molecule has 1 aromatic heterocycles. The molecule has 10 heteroatoms. The van der Waals surface area contributed by atoms with E-state index in [1.165, 1.54) is 25.3 Å². The second kappa shape index (κ2) is 9.23. The fraction of sp³-hybridized carbons (Fsp3) is 0.0909. The number of ether oxygens (including phenoxy) is 1. The van der Waals surface area contributed by atoms with Crippen LogP contribution in [-0.2, 0) is 10.0 Å². The number of carbonyl (C=O) groups is 1. The minimum Gasteiger partial charge on any atom is -0.495 e. The van der Waals surface area contributed by atoms with Crippen molar-refractivity contribution in [2.24, 2.45) is 0 Å². The molecule has 0 aliphatic carbocycles. The molecule has 1 N–H and O–H groups in total. The molecule has 7 nitrogen and oxygen atoms in total. The van der Waals surface area contributed by atoms with Crippen LogP contribution in [0, 0.1) is 0 Å². The predicted octanol–water partition coefficient (Wildman–Crippen LogP) is 5.27. The molecular formula is C22H17ClN2O5S2.